The summed E-state index contributed by atoms with van der Waals surface area (Å²) < 4.78 is 5.89. The first kappa shape index (κ1) is 30.2. The van der Waals surface area contributed by atoms with Crippen LogP contribution >= 0.6 is 0 Å². The number of hydrogen-bond donors (Lipinski definition) is 2. The van der Waals surface area contributed by atoms with E-state index in [2.05, 4.69) is 34.6 Å². The second kappa shape index (κ2) is 14.7. The monoisotopic (exact) mass is 554 g/mol. The van der Waals surface area contributed by atoms with Crippen LogP contribution in [0.3, 0.4) is 0 Å². The molecule has 0 saturated heterocycles. The lowest BCUT2D eigenvalue weighted by molar-refractivity contribution is -0.151. The third-order valence-corrected chi connectivity index (χ3v) is 8.03. The highest BCUT2D eigenvalue weighted by atomic mass is 16.5. The number of carbonyl (C=O) groups is 2. The second-order valence-corrected chi connectivity index (χ2v) is 11.1. The summed E-state index contributed by atoms with van der Waals surface area (Å²) in [6.07, 6.45) is 10.5. The van der Waals surface area contributed by atoms with Crippen LogP contribution in [0.25, 0.3) is 12.2 Å². The van der Waals surface area contributed by atoms with Crippen molar-refractivity contribution in [2.75, 3.05) is 11.9 Å². The zero-order valence-corrected chi connectivity index (χ0v) is 24.3. The molecule has 1 amide bonds. The summed E-state index contributed by atoms with van der Waals surface area (Å²) in [6, 6.07) is 22.5. The Hall–Kier alpha value is -3.77. The normalized spacial score (nSPS) is 13.4. The van der Waals surface area contributed by atoms with E-state index >= 15 is 0 Å². The molecule has 6 nitrogen and oxygen atoms in total. The number of aliphatic carboxylic acids is 1. The van der Waals surface area contributed by atoms with Crippen molar-refractivity contribution in [3.05, 3.63) is 94.8 Å². The van der Waals surface area contributed by atoms with E-state index in [0.717, 1.165) is 42.1 Å². The summed E-state index contributed by atoms with van der Waals surface area (Å²) in [5, 5.41) is 12.5. The summed E-state index contributed by atoms with van der Waals surface area (Å²) >= 11 is 0. The number of pyridine rings is 1. The van der Waals surface area contributed by atoms with Crippen molar-refractivity contribution >= 4 is 29.7 Å². The Labute approximate surface area is 243 Å². The van der Waals surface area contributed by atoms with E-state index in [9.17, 15) is 14.7 Å². The molecule has 0 aliphatic heterocycles. The van der Waals surface area contributed by atoms with Crippen molar-refractivity contribution in [1.29, 1.82) is 0 Å². The standard InChI is InChI=1S/C35H42N2O4/c1-3-35(4-2,34(39)40)24-33(38)37-31-12-7-10-27(23-31)16-21-30-11-8-13-32(36-30)25-41-22-6-5-9-26-14-17-28(18-15-26)29-19-20-29/h7-8,10-18,21,23,29H,3-6,9,19-20,22,24-25H2,1-2H3,(H,37,38)(H,39,40)/b21-16+. The van der Waals surface area contributed by atoms with Gasteiger partial charge in [-0.2, -0.15) is 0 Å². The van der Waals surface area contributed by atoms with Crippen LogP contribution in [-0.2, 0) is 27.4 Å². The molecule has 0 bridgehead atoms. The maximum atomic E-state index is 12.6. The maximum absolute atomic E-state index is 12.6. The number of aromatic nitrogens is 1. The number of aryl methyl sites for hydroxylation is 1. The zero-order chi connectivity index (χ0) is 29.1. The number of nitrogens with one attached hydrogen (secondary N) is 1. The fourth-order valence-corrected chi connectivity index (χ4v) is 5.05. The molecule has 0 atom stereocenters. The molecule has 2 aromatic carbocycles. The van der Waals surface area contributed by atoms with Gasteiger partial charge in [0.1, 0.15) is 0 Å². The molecule has 1 saturated carbocycles. The smallest absolute Gasteiger partial charge is 0.310 e. The lowest BCUT2D eigenvalue weighted by atomic mass is 9.79. The molecule has 1 aromatic heterocycles. The first-order valence-corrected chi connectivity index (χ1v) is 14.8. The Morgan fingerprint density at radius 2 is 1.76 bits per heavy atom. The van der Waals surface area contributed by atoms with E-state index in [1.165, 1.54) is 24.0 Å². The summed E-state index contributed by atoms with van der Waals surface area (Å²) in [6.45, 7) is 4.81. The molecule has 6 heteroatoms. The number of nitrogens with zero attached hydrogens (tertiary/aromatic N) is 1. The molecule has 1 fully saturated rings. The predicted octanol–water partition coefficient (Wildman–Crippen LogP) is 7.89. The number of anilines is 1. The van der Waals surface area contributed by atoms with Gasteiger partial charge in [-0.15, -0.1) is 0 Å². The van der Waals surface area contributed by atoms with Gasteiger partial charge >= 0.3 is 5.97 Å². The van der Waals surface area contributed by atoms with Crippen molar-refractivity contribution in [2.45, 2.75) is 77.7 Å². The lowest BCUT2D eigenvalue weighted by Crippen LogP contribution is -2.34. The van der Waals surface area contributed by atoms with Gasteiger partial charge in [-0.05, 0) is 97.9 Å². The highest BCUT2D eigenvalue weighted by molar-refractivity contribution is 5.94. The number of ether oxygens (including phenoxy) is 1. The van der Waals surface area contributed by atoms with Gasteiger partial charge < -0.3 is 15.2 Å². The van der Waals surface area contributed by atoms with E-state index in [4.69, 9.17) is 4.74 Å². The van der Waals surface area contributed by atoms with Crippen molar-refractivity contribution in [1.82, 2.24) is 4.98 Å². The molecule has 0 spiro atoms. The lowest BCUT2D eigenvalue weighted by Gasteiger charge is -2.25. The fourth-order valence-electron chi connectivity index (χ4n) is 5.05. The summed E-state index contributed by atoms with van der Waals surface area (Å²) in [4.78, 5) is 29.0. The quantitative estimate of drug-likeness (QED) is 0.176. The highest BCUT2D eigenvalue weighted by Gasteiger charge is 2.37. The van der Waals surface area contributed by atoms with E-state index in [1.807, 2.05) is 62.4 Å². The second-order valence-electron chi connectivity index (χ2n) is 11.1. The topological polar surface area (TPSA) is 88.5 Å². The van der Waals surface area contributed by atoms with Gasteiger partial charge in [0, 0.05) is 18.7 Å². The summed E-state index contributed by atoms with van der Waals surface area (Å²) in [7, 11) is 0. The van der Waals surface area contributed by atoms with Crippen molar-refractivity contribution in [3.8, 4) is 0 Å². The molecular formula is C35H42N2O4. The van der Waals surface area contributed by atoms with Crippen LogP contribution < -0.4 is 5.32 Å². The van der Waals surface area contributed by atoms with Crippen molar-refractivity contribution in [3.63, 3.8) is 0 Å². The Morgan fingerprint density at radius 3 is 2.46 bits per heavy atom. The molecule has 216 valence electrons. The van der Waals surface area contributed by atoms with E-state index in [0.29, 0.717) is 31.7 Å². The van der Waals surface area contributed by atoms with Gasteiger partial charge in [0.25, 0.3) is 0 Å². The Morgan fingerprint density at radius 1 is 1.00 bits per heavy atom. The van der Waals surface area contributed by atoms with Crippen molar-refractivity contribution < 1.29 is 19.4 Å². The predicted molar refractivity (Wildman–Crippen MR) is 165 cm³/mol. The molecule has 3 aromatic rings. The van der Waals surface area contributed by atoms with E-state index < -0.39 is 11.4 Å². The van der Waals surface area contributed by atoms with E-state index in [1.54, 1.807) is 6.07 Å². The minimum Gasteiger partial charge on any atom is -0.481 e. The molecular weight excluding hydrogens is 512 g/mol. The third kappa shape index (κ3) is 9.12. The first-order valence-electron chi connectivity index (χ1n) is 14.8. The Kier molecular flexibility index (Phi) is 10.9. The van der Waals surface area contributed by atoms with Crippen LogP contribution in [-0.4, -0.2) is 28.6 Å². The Balaban J connectivity index is 1.21. The van der Waals surface area contributed by atoms with Crippen LogP contribution in [0.5, 0.6) is 0 Å². The van der Waals surface area contributed by atoms with Gasteiger partial charge in [0.15, 0.2) is 0 Å². The van der Waals surface area contributed by atoms with E-state index in [-0.39, 0.29) is 12.3 Å². The number of benzene rings is 2. The largest absolute Gasteiger partial charge is 0.481 e. The van der Waals surface area contributed by atoms with Gasteiger partial charge in [-0.25, -0.2) is 0 Å². The first-order chi connectivity index (χ1) is 19.9. The molecule has 4 rings (SSSR count). The molecule has 0 radical (unpaired) electrons. The SMILES string of the molecule is CCC(CC)(CC(=O)Nc1cccc(/C=C/c2cccc(COCCCCc3ccc(C4CC4)cc3)n2)c1)C(=O)O. The molecule has 41 heavy (non-hydrogen) atoms. The van der Waals surface area contributed by atoms with Gasteiger partial charge in [0.2, 0.25) is 5.91 Å². The zero-order valence-electron chi connectivity index (χ0n) is 24.3. The number of carboxylic acids is 1. The van der Waals surface area contributed by atoms with Crippen LogP contribution in [0.15, 0.2) is 66.7 Å². The summed E-state index contributed by atoms with van der Waals surface area (Å²) in [5.74, 6) is -0.417. The number of carboxylic acid groups (broad SMARTS) is 1. The molecule has 2 N–H and O–H groups in total. The number of carbonyl (C=O) groups excluding carboxylic acids is 1. The van der Waals surface area contributed by atoms with Crippen LogP contribution in [0.4, 0.5) is 5.69 Å². The minimum atomic E-state index is -1.04. The van der Waals surface area contributed by atoms with Gasteiger partial charge in [0.05, 0.1) is 23.4 Å². The summed E-state index contributed by atoms with van der Waals surface area (Å²) in [5.41, 5.74) is 5.10. The number of hydrogen-bond acceptors (Lipinski definition) is 4. The van der Waals surface area contributed by atoms with Crippen LogP contribution in [0.2, 0.25) is 0 Å². The van der Waals surface area contributed by atoms with Crippen LogP contribution in [0, 0.1) is 5.41 Å². The fraction of sp³-hybridized carbons (Fsp3) is 0.400. The van der Waals surface area contributed by atoms with Crippen LogP contribution in [0.1, 0.15) is 92.8 Å². The Bertz CT molecular complexity index is 1320. The van der Waals surface area contributed by atoms with Gasteiger partial charge in [-0.3, -0.25) is 14.6 Å². The number of rotatable bonds is 16. The number of unbranched alkanes of at least 4 members (excludes halogenated alkanes) is 1. The number of amides is 1. The minimum absolute atomic E-state index is 0.0533. The average molecular weight is 555 g/mol. The maximum Gasteiger partial charge on any atom is 0.310 e. The van der Waals surface area contributed by atoms with Crippen molar-refractivity contribution in [2.24, 2.45) is 5.41 Å². The van der Waals surface area contributed by atoms with Gasteiger partial charge in [-0.1, -0.05) is 62.4 Å². The molecule has 1 heterocycles. The highest BCUT2D eigenvalue weighted by Crippen LogP contribution is 2.40. The molecule has 1 aliphatic rings. The molecule has 0 unspecified atom stereocenters. The third-order valence-electron chi connectivity index (χ3n) is 8.03. The average Bonchev–Trinajstić information content (AvgIpc) is 3.83. The molecule has 1 aliphatic carbocycles.